The van der Waals surface area contributed by atoms with Gasteiger partial charge in [-0.2, -0.15) is 0 Å². The minimum atomic E-state index is -2.97. The summed E-state index contributed by atoms with van der Waals surface area (Å²) < 4.78 is 22.8. The van der Waals surface area contributed by atoms with Crippen LogP contribution in [0.3, 0.4) is 0 Å². The van der Waals surface area contributed by atoms with E-state index in [-0.39, 0.29) is 23.5 Å². The summed E-state index contributed by atoms with van der Waals surface area (Å²) in [5.74, 6) is 0.0562. The fraction of sp³-hybridized carbons (Fsp3) is 0.385. The van der Waals surface area contributed by atoms with Gasteiger partial charge in [-0.15, -0.1) is 0 Å². The van der Waals surface area contributed by atoms with Crippen molar-refractivity contribution in [3.8, 4) is 0 Å². The van der Waals surface area contributed by atoms with E-state index in [4.69, 9.17) is 0 Å². The van der Waals surface area contributed by atoms with Crippen LogP contribution in [0.15, 0.2) is 30.6 Å². The van der Waals surface area contributed by atoms with E-state index < -0.39 is 9.84 Å². The third kappa shape index (κ3) is 3.64. The SMILES string of the molecule is CN(C(=O)C=Cc1ccncc1)C1CCS(=O)(=O)C1. The summed E-state index contributed by atoms with van der Waals surface area (Å²) in [4.78, 5) is 17.3. The Hall–Kier alpha value is -1.69. The lowest BCUT2D eigenvalue weighted by Crippen LogP contribution is -2.36. The van der Waals surface area contributed by atoms with Crippen LogP contribution in [-0.4, -0.2) is 48.8 Å². The number of likely N-dealkylation sites (N-methyl/N-ethyl adjacent to an activating group) is 1. The molecule has 0 bridgehead atoms. The number of aromatic nitrogens is 1. The van der Waals surface area contributed by atoms with Crippen LogP contribution in [-0.2, 0) is 14.6 Å². The number of amides is 1. The molecule has 1 aromatic rings. The monoisotopic (exact) mass is 280 g/mol. The molecule has 6 heteroatoms. The first-order valence-electron chi connectivity index (χ1n) is 6.03. The van der Waals surface area contributed by atoms with E-state index in [1.54, 1.807) is 37.7 Å². The van der Waals surface area contributed by atoms with Gasteiger partial charge in [-0.3, -0.25) is 9.78 Å². The fourth-order valence-corrected chi connectivity index (χ4v) is 3.79. The van der Waals surface area contributed by atoms with Gasteiger partial charge in [-0.05, 0) is 30.2 Å². The smallest absolute Gasteiger partial charge is 0.246 e. The van der Waals surface area contributed by atoms with Crippen LogP contribution in [0.25, 0.3) is 6.08 Å². The minimum absolute atomic E-state index is 0.0678. The molecule has 1 aliphatic rings. The Bertz CT molecular complexity index is 581. The second-order valence-electron chi connectivity index (χ2n) is 4.62. The van der Waals surface area contributed by atoms with Gasteiger partial charge >= 0.3 is 0 Å². The average Bonchev–Trinajstić information content (AvgIpc) is 2.76. The van der Waals surface area contributed by atoms with Gasteiger partial charge in [-0.1, -0.05) is 0 Å². The second kappa shape index (κ2) is 5.52. The summed E-state index contributed by atoms with van der Waals surface area (Å²) in [5.41, 5.74) is 0.885. The van der Waals surface area contributed by atoms with Gasteiger partial charge in [0.15, 0.2) is 9.84 Å². The third-order valence-electron chi connectivity index (χ3n) is 3.23. The number of sulfone groups is 1. The normalized spacial score (nSPS) is 21.6. The predicted octanol–water partition coefficient (Wildman–Crippen LogP) is 0.740. The quantitative estimate of drug-likeness (QED) is 0.766. The number of rotatable bonds is 3. The molecular weight excluding hydrogens is 264 g/mol. The number of hydrogen-bond acceptors (Lipinski definition) is 4. The van der Waals surface area contributed by atoms with Gasteiger partial charge in [0.05, 0.1) is 11.5 Å². The Morgan fingerprint density at radius 1 is 1.42 bits per heavy atom. The molecule has 0 aliphatic carbocycles. The maximum absolute atomic E-state index is 11.9. The van der Waals surface area contributed by atoms with E-state index in [2.05, 4.69) is 4.98 Å². The Morgan fingerprint density at radius 3 is 2.68 bits per heavy atom. The molecule has 5 nitrogen and oxygen atoms in total. The summed E-state index contributed by atoms with van der Waals surface area (Å²) in [6.45, 7) is 0. The van der Waals surface area contributed by atoms with Crippen LogP contribution < -0.4 is 0 Å². The molecule has 1 unspecified atom stereocenters. The number of nitrogens with zero attached hydrogens (tertiary/aromatic N) is 2. The third-order valence-corrected chi connectivity index (χ3v) is 4.98. The number of carbonyl (C=O) groups is 1. The molecule has 1 saturated heterocycles. The Kier molecular flexibility index (Phi) is 3.99. The molecule has 1 aromatic heterocycles. The first-order valence-corrected chi connectivity index (χ1v) is 7.85. The molecule has 19 heavy (non-hydrogen) atoms. The first-order chi connectivity index (χ1) is 8.98. The maximum Gasteiger partial charge on any atom is 0.246 e. The van der Waals surface area contributed by atoms with Gasteiger partial charge in [0.2, 0.25) is 5.91 Å². The highest BCUT2D eigenvalue weighted by Crippen LogP contribution is 2.16. The summed E-state index contributed by atoms with van der Waals surface area (Å²) in [6.07, 6.45) is 6.98. The van der Waals surface area contributed by atoms with E-state index in [1.807, 2.05) is 0 Å². The second-order valence-corrected chi connectivity index (χ2v) is 6.85. The standard InChI is InChI=1S/C13H16N2O3S/c1-15(12-6-9-19(17,18)10-12)13(16)3-2-11-4-7-14-8-5-11/h2-5,7-8,12H,6,9-10H2,1H3. The lowest BCUT2D eigenvalue weighted by Gasteiger charge is -2.21. The van der Waals surface area contributed by atoms with Crippen molar-refractivity contribution in [3.63, 3.8) is 0 Å². The molecule has 1 aliphatic heterocycles. The average molecular weight is 280 g/mol. The van der Waals surface area contributed by atoms with Gasteiger partial charge in [0.1, 0.15) is 0 Å². The highest BCUT2D eigenvalue weighted by Gasteiger charge is 2.31. The zero-order valence-electron chi connectivity index (χ0n) is 10.7. The van der Waals surface area contributed by atoms with E-state index >= 15 is 0 Å². The Morgan fingerprint density at radius 2 is 2.11 bits per heavy atom. The lowest BCUT2D eigenvalue weighted by molar-refractivity contribution is -0.126. The first kappa shape index (κ1) is 13.7. The molecule has 0 N–H and O–H groups in total. The van der Waals surface area contributed by atoms with Crippen molar-refractivity contribution in [3.05, 3.63) is 36.2 Å². The molecule has 0 spiro atoms. The van der Waals surface area contributed by atoms with Crippen molar-refractivity contribution in [2.75, 3.05) is 18.6 Å². The predicted molar refractivity (Wildman–Crippen MR) is 73.1 cm³/mol. The van der Waals surface area contributed by atoms with E-state index in [0.717, 1.165) is 5.56 Å². The summed E-state index contributed by atoms with van der Waals surface area (Å²) in [5, 5.41) is 0. The van der Waals surface area contributed by atoms with Crippen molar-refractivity contribution in [2.24, 2.45) is 0 Å². The lowest BCUT2D eigenvalue weighted by atomic mass is 10.2. The summed E-state index contributed by atoms with van der Waals surface area (Å²) >= 11 is 0. The molecule has 1 fully saturated rings. The van der Waals surface area contributed by atoms with Crippen LogP contribution in [0.4, 0.5) is 0 Å². The molecule has 2 rings (SSSR count). The zero-order valence-corrected chi connectivity index (χ0v) is 11.5. The van der Waals surface area contributed by atoms with Gasteiger partial charge in [0.25, 0.3) is 0 Å². The molecule has 2 heterocycles. The van der Waals surface area contributed by atoms with Crippen LogP contribution in [0.1, 0.15) is 12.0 Å². The topological polar surface area (TPSA) is 67.3 Å². The van der Waals surface area contributed by atoms with Gasteiger partial charge in [0, 0.05) is 31.6 Å². The highest BCUT2D eigenvalue weighted by molar-refractivity contribution is 7.91. The van der Waals surface area contributed by atoms with Crippen LogP contribution in [0.2, 0.25) is 0 Å². The van der Waals surface area contributed by atoms with Crippen molar-refractivity contribution in [1.82, 2.24) is 9.88 Å². The summed E-state index contributed by atoms with van der Waals surface area (Å²) in [6, 6.07) is 3.38. The number of hydrogen-bond donors (Lipinski definition) is 0. The highest BCUT2D eigenvalue weighted by atomic mass is 32.2. The van der Waals surface area contributed by atoms with Crippen LogP contribution >= 0.6 is 0 Å². The molecular formula is C13H16N2O3S. The molecule has 0 aromatic carbocycles. The molecule has 1 amide bonds. The maximum atomic E-state index is 11.9. The molecule has 0 radical (unpaired) electrons. The van der Waals surface area contributed by atoms with Crippen molar-refractivity contribution in [1.29, 1.82) is 0 Å². The molecule has 102 valence electrons. The van der Waals surface area contributed by atoms with Crippen molar-refractivity contribution >= 4 is 21.8 Å². The molecule has 1 atom stereocenters. The van der Waals surface area contributed by atoms with Gasteiger partial charge in [-0.25, -0.2) is 8.42 Å². The Labute approximate surface area is 112 Å². The van der Waals surface area contributed by atoms with Crippen LogP contribution in [0, 0.1) is 0 Å². The minimum Gasteiger partial charge on any atom is -0.338 e. The largest absolute Gasteiger partial charge is 0.338 e. The van der Waals surface area contributed by atoms with Crippen LogP contribution in [0.5, 0.6) is 0 Å². The van der Waals surface area contributed by atoms with Crippen molar-refractivity contribution < 1.29 is 13.2 Å². The Balaban J connectivity index is 1.99. The fourth-order valence-electron chi connectivity index (χ4n) is 2.02. The summed E-state index contributed by atoms with van der Waals surface area (Å²) in [7, 11) is -1.32. The number of pyridine rings is 1. The molecule has 0 saturated carbocycles. The van der Waals surface area contributed by atoms with E-state index in [1.165, 1.54) is 11.0 Å². The zero-order chi connectivity index (χ0) is 13.9. The van der Waals surface area contributed by atoms with Crippen molar-refractivity contribution in [2.45, 2.75) is 12.5 Å². The number of carbonyl (C=O) groups excluding carboxylic acids is 1. The van der Waals surface area contributed by atoms with E-state index in [0.29, 0.717) is 6.42 Å². The van der Waals surface area contributed by atoms with E-state index in [9.17, 15) is 13.2 Å². The van der Waals surface area contributed by atoms with Gasteiger partial charge < -0.3 is 4.90 Å².